The van der Waals surface area contributed by atoms with Crippen molar-refractivity contribution in [1.82, 2.24) is 9.88 Å². The van der Waals surface area contributed by atoms with Gasteiger partial charge in [0.05, 0.1) is 5.44 Å². The molecule has 0 unspecified atom stereocenters. The average Bonchev–Trinajstić information content (AvgIpc) is 3.11. The van der Waals surface area contributed by atoms with E-state index < -0.39 is 23.0 Å². The van der Waals surface area contributed by atoms with Crippen LogP contribution in [0.15, 0.2) is 54.8 Å². The molecule has 7 heteroatoms. The number of nitrogens with one attached hydrogen (secondary N) is 1. The number of aliphatic carboxylic acids is 1. The molecule has 0 spiro atoms. The van der Waals surface area contributed by atoms with Crippen LogP contribution in [0.2, 0.25) is 0 Å². The van der Waals surface area contributed by atoms with Gasteiger partial charge in [0.1, 0.15) is 19.5 Å². The number of para-hydroxylation sites is 1. The predicted molar refractivity (Wildman–Crippen MR) is 120 cm³/mol. The Kier molecular flexibility index (Phi) is 5.21. The van der Waals surface area contributed by atoms with Crippen molar-refractivity contribution >= 4 is 30.8 Å². The maximum atomic E-state index is 15.5. The number of rotatable bonds is 5. The number of carboxylic acids is 1. The molecular weight excluding hydrogens is 397 g/mol. The summed E-state index contributed by atoms with van der Waals surface area (Å²) in [7, 11) is 1.81. The quantitative estimate of drug-likeness (QED) is 0.482. The van der Waals surface area contributed by atoms with Crippen molar-refractivity contribution < 1.29 is 18.7 Å². The van der Waals surface area contributed by atoms with Gasteiger partial charge in [-0.05, 0) is 48.2 Å². The maximum absolute atomic E-state index is 15.5. The summed E-state index contributed by atoms with van der Waals surface area (Å²) >= 11 is 0. The van der Waals surface area contributed by atoms with E-state index in [1.165, 1.54) is 18.2 Å². The van der Waals surface area contributed by atoms with Crippen molar-refractivity contribution in [1.29, 1.82) is 0 Å². The SMILES string of the molecule is B[C@@]1(c2c(F)cc(/C=C/C(=O)O)cc2F)c2[nH]c3ccccc3c2CCN1C(=C)CC. The van der Waals surface area contributed by atoms with E-state index in [2.05, 4.69) is 11.6 Å². The molecular formula is C24H23BF2N2O2. The summed E-state index contributed by atoms with van der Waals surface area (Å²) in [6.07, 6.45) is 3.42. The number of hydrogen-bond acceptors (Lipinski definition) is 2. The number of aromatic amines is 1. The Hall–Kier alpha value is -3.35. The van der Waals surface area contributed by atoms with Crippen molar-refractivity contribution in [2.45, 2.75) is 25.2 Å². The van der Waals surface area contributed by atoms with Crippen LogP contribution in [0, 0.1) is 11.6 Å². The number of benzene rings is 2. The molecule has 4 rings (SSSR count). The molecule has 4 nitrogen and oxygen atoms in total. The highest BCUT2D eigenvalue weighted by Gasteiger charge is 2.45. The normalized spacial score (nSPS) is 18.5. The summed E-state index contributed by atoms with van der Waals surface area (Å²) in [5, 5.41) is 9.87. The standard InChI is InChI=1S/C24H23BF2N2O2/c1-3-14(2)29-11-10-17-16-6-4-5-7-20(16)28-23(17)24(29,25)22-18(26)12-15(13-19(22)27)8-9-21(30)31/h4-9,12-13,28H,2-3,10-11,25H2,1H3,(H,30,31)/b9-8+/t24-/m1/s1. The third-order valence-corrected chi connectivity index (χ3v) is 6.19. The third kappa shape index (κ3) is 3.34. The molecule has 2 N–H and O–H groups in total. The van der Waals surface area contributed by atoms with Gasteiger partial charge in [0.2, 0.25) is 0 Å². The number of hydrogen-bond donors (Lipinski definition) is 2. The van der Waals surface area contributed by atoms with Gasteiger partial charge < -0.3 is 15.0 Å². The van der Waals surface area contributed by atoms with E-state index in [9.17, 15) is 4.79 Å². The van der Waals surface area contributed by atoms with Gasteiger partial charge in [-0.25, -0.2) is 13.6 Å². The van der Waals surface area contributed by atoms with E-state index in [-0.39, 0.29) is 11.1 Å². The lowest BCUT2D eigenvalue weighted by Crippen LogP contribution is -2.52. The molecule has 0 bridgehead atoms. The summed E-state index contributed by atoms with van der Waals surface area (Å²) in [5.74, 6) is -2.64. The molecule has 1 aliphatic rings. The van der Waals surface area contributed by atoms with Gasteiger partial charge in [0.25, 0.3) is 0 Å². The van der Waals surface area contributed by atoms with Gasteiger partial charge in [0.15, 0.2) is 0 Å². The molecule has 0 saturated heterocycles. The van der Waals surface area contributed by atoms with Crippen LogP contribution in [-0.4, -0.2) is 35.4 Å². The Labute approximate surface area is 180 Å². The number of halogens is 2. The topological polar surface area (TPSA) is 56.3 Å². The number of H-pyrrole nitrogens is 1. The van der Waals surface area contributed by atoms with Crippen molar-refractivity contribution in [3.63, 3.8) is 0 Å². The maximum Gasteiger partial charge on any atom is 0.328 e. The molecule has 0 fully saturated rings. The molecule has 2 aromatic carbocycles. The fourth-order valence-corrected chi connectivity index (χ4v) is 4.70. The zero-order valence-corrected chi connectivity index (χ0v) is 17.5. The molecule has 0 amide bonds. The molecule has 3 aromatic rings. The van der Waals surface area contributed by atoms with Crippen molar-refractivity contribution in [3.8, 4) is 0 Å². The van der Waals surface area contributed by atoms with Crippen LogP contribution >= 0.6 is 0 Å². The minimum atomic E-state index is -1.18. The van der Waals surface area contributed by atoms with E-state index in [0.717, 1.165) is 40.4 Å². The molecule has 2 heterocycles. The molecule has 158 valence electrons. The molecule has 0 saturated carbocycles. The first-order chi connectivity index (χ1) is 14.8. The minimum Gasteiger partial charge on any atom is -0.478 e. The van der Waals surface area contributed by atoms with Crippen molar-refractivity contribution in [2.75, 3.05) is 6.54 Å². The number of carboxylic acid groups (broad SMARTS) is 1. The molecule has 1 aromatic heterocycles. The average molecular weight is 420 g/mol. The lowest BCUT2D eigenvalue weighted by Gasteiger charge is -2.48. The first kappa shape index (κ1) is 20.9. The second-order valence-corrected chi connectivity index (χ2v) is 7.95. The summed E-state index contributed by atoms with van der Waals surface area (Å²) in [5.41, 5.74) is 2.45. The highest BCUT2D eigenvalue weighted by atomic mass is 19.1. The first-order valence-corrected chi connectivity index (χ1v) is 10.2. The van der Waals surface area contributed by atoms with E-state index >= 15 is 8.78 Å². The van der Waals surface area contributed by atoms with E-state index in [4.69, 9.17) is 5.11 Å². The Morgan fingerprint density at radius 1 is 1.32 bits per heavy atom. The number of allylic oxidation sites excluding steroid dienone is 1. The predicted octanol–water partition coefficient (Wildman–Crippen LogP) is 4.16. The molecule has 0 radical (unpaired) electrons. The smallest absolute Gasteiger partial charge is 0.328 e. The Morgan fingerprint density at radius 3 is 2.65 bits per heavy atom. The fourth-order valence-electron chi connectivity index (χ4n) is 4.70. The van der Waals surface area contributed by atoms with Crippen LogP contribution in [0.25, 0.3) is 17.0 Å². The summed E-state index contributed by atoms with van der Waals surface area (Å²) in [6.45, 7) is 6.71. The summed E-state index contributed by atoms with van der Waals surface area (Å²) in [4.78, 5) is 16.2. The Morgan fingerprint density at radius 2 is 2.00 bits per heavy atom. The van der Waals surface area contributed by atoms with Crippen LogP contribution in [0.4, 0.5) is 8.78 Å². The van der Waals surface area contributed by atoms with Crippen molar-refractivity contribution in [2.24, 2.45) is 0 Å². The fraction of sp³-hybridized carbons (Fsp3) is 0.208. The molecule has 31 heavy (non-hydrogen) atoms. The summed E-state index contributed by atoms with van der Waals surface area (Å²) in [6, 6.07) is 10.2. The summed E-state index contributed by atoms with van der Waals surface area (Å²) < 4.78 is 30.9. The van der Waals surface area contributed by atoms with Gasteiger partial charge in [-0.2, -0.15) is 0 Å². The minimum absolute atomic E-state index is 0.0814. The van der Waals surface area contributed by atoms with E-state index in [1.54, 1.807) is 0 Å². The van der Waals surface area contributed by atoms with E-state index in [0.29, 0.717) is 13.0 Å². The third-order valence-electron chi connectivity index (χ3n) is 6.19. The van der Waals surface area contributed by atoms with Gasteiger partial charge in [-0.15, -0.1) is 0 Å². The van der Waals surface area contributed by atoms with Gasteiger partial charge in [-0.1, -0.05) is 31.7 Å². The molecule has 0 aliphatic carbocycles. The van der Waals surface area contributed by atoms with Gasteiger partial charge >= 0.3 is 5.97 Å². The number of carbonyl (C=O) groups is 1. The Balaban J connectivity index is 1.98. The van der Waals surface area contributed by atoms with Gasteiger partial charge in [-0.3, -0.25) is 0 Å². The van der Waals surface area contributed by atoms with Crippen LogP contribution in [-0.2, 0) is 16.7 Å². The van der Waals surface area contributed by atoms with Crippen molar-refractivity contribution in [3.05, 3.63) is 88.8 Å². The van der Waals surface area contributed by atoms with E-state index in [1.807, 2.05) is 43.9 Å². The highest BCUT2D eigenvalue weighted by Crippen LogP contribution is 2.45. The second-order valence-electron chi connectivity index (χ2n) is 7.95. The highest BCUT2D eigenvalue weighted by molar-refractivity contribution is 6.18. The number of fused-ring (bicyclic) bond motifs is 3. The number of nitrogens with zero attached hydrogens (tertiary/aromatic N) is 1. The largest absolute Gasteiger partial charge is 0.478 e. The number of aromatic nitrogens is 1. The first-order valence-electron chi connectivity index (χ1n) is 10.2. The van der Waals surface area contributed by atoms with Crippen LogP contribution in [0.3, 0.4) is 0 Å². The zero-order valence-electron chi connectivity index (χ0n) is 17.5. The molecule has 1 atom stereocenters. The molecule has 1 aliphatic heterocycles. The second kappa shape index (κ2) is 7.73. The van der Waals surface area contributed by atoms with Gasteiger partial charge in [0, 0.05) is 40.5 Å². The van der Waals surface area contributed by atoms with Crippen LogP contribution in [0.5, 0.6) is 0 Å². The lowest BCUT2D eigenvalue weighted by molar-refractivity contribution is -0.131. The zero-order chi connectivity index (χ0) is 22.3. The van der Waals surface area contributed by atoms with Crippen LogP contribution < -0.4 is 0 Å². The monoisotopic (exact) mass is 420 g/mol. The lowest BCUT2D eigenvalue weighted by atomic mass is 9.64. The van der Waals surface area contributed by atoms with Crippen LogP contribution in [0.1, 0.15) is 35.7 Å². The Bertz CT molecular complexity index is 1210.